The molecular formula is C15H20BrN3O2. The van der Waals surface area contributed by atoms with Gasteiger partial charge in [-0.3, -0.25) is 4.79 Å². The number of halogens is 1. The zero-order valence-electron chi connectivity index (χ0n) is 12.1. The summed E-state index contributed by atoms with van der Waals surface area (Å²) >= 11 is 3.60. The SMILES string of the molecule is CN(CC1CCOCC1)c1cc2c(cc1Br)C(N)C(=O)N2. The van der Waals surface area contributed by atoms with Crippen molar-refractivity contribution in [2.45, 2.75) is 18.9 Å². The van der Waals surface area contributed by atoms with Crippen LogP contribution in [0.5, 0.6) is 0 Å². The molecule has 0 radical (unpaired) electrons. The topological polar surface area (TPSA) is 67.6 Å². The third-order valence-electron chi connectivity index (χ3n) is 4.28. The van der Waals surface area contributed by atoms with Gasteiger partial charge in [0, 0.05) is 42.5 Å². The Morgan fingerprint density at radius 1 is 1.43 bits per heavy atom. The molecule has 1 fully saturated rings. The number of benzene rings is 1. The van der Waals surface area contributed by atoms with Gasteiger partial charge in [-0.05, 0) is 46.8 Å². The molecule has 1 saturated heterocycles. The van der Waals surface area contributed by atoms with Gasteiger partial charge < -0.3 is 20.7 Å². The number of hydrogen-bond acceptors (Lipinski definition) is 4. The number of hydrogen-bond donors (Lipinski definition) is 2. The van der Waals surface area contributed by atoms with Crippen molar-refractivity contribution in [3.63, 3.8) is 0 Å². The summed E-state index contributed by atoms with van der Waals surface area (Å²) in [6.45, 7) is 2.70. The van der Waals surface area contributed by atoms with Gasteiger partial charge in [-0.2, -0.15) is 0 Å². The molecule has 0 saturated carbocycles. The number of nitrogens with two attached hydrogens (primary N) is 1. The zero-order chi connectivity index (χ0) is 15.0. The van der Waals surface area contributed by atoms with E-state index in [2.05, 4.69) is 33.2 Å². The number of amides is 1. The van der Waals surface area contributed by atoms with Crippen LogP contribution < -0.4 is 16.0 Å². The first-order chi connectivity index (χ1) is 10.1. The first-order valence-corrected chi connectivity index (χ1v) is 8.04. The fourth-order valence-corrected chi connectivity index (χ4v) is 3.67. The van der Waals surface area contributed by atoms with E-state index in [4.69, 9.17) is 10.5 Å². The van der Waals surface area contributed by atoms with E-state index < -0.39 is 6.04 Å². The first-order valence-electron chi connectivity index (χ1n) is 7.25. The Morgan fingerprint density at radius 3 is 2.86 bits per heavy atom. The molecule has 6 heteroatoms. The average Bonchev–Trinajstić information content (AvgIpc) is 2.74. The lowest BCUT2D eigenvalue weighted by molar-refractivity contribution is -0.116. The third-order valence-corrected chi connectivity index (χ3v) is 4.91. The minimum Gasteiger partial charge on any atom is -0.381 e. The Bertz CT molecular complexity index is 558. The summed E-state index contributed by atoms with van der Waals surface area (Å²) in [5.74, 6) is 0.516. The number of ether oxygens (including phenoxy) is 1. The highest BCUT2D eigenvalue weighted by Gasteiger charge is 2.29. The van der Waals surface area contributed by atoms with Crippen molar-refractivity contribution in [1.82, 2.24) is 0 Å². The quantitative estimate of drug-likeness (QED) is 0.874. The summed E-state index contributed by atoms with van der Waals surface area (Å²) in [6.07, 6.45) is 2.21. The maximum Gasteiger partial charge on any atom is 0.245 e. The molecule has 1 unspecified atom stereocenters. The van der Waals surface area contributed by atoms with E-state index in [1.165, 1.54) is 0 Å². The predicted octanol–water partition coefficient (Wildman–Crippen LogP) is 2.26. The van der Waals surface area contributed by atoms with E-state index in [0.717, 1.165) is 54.0 Å². The molecule has 1 aromatic rings. The number of nitrogens with zero attached hydrogens (tertiary/aromatic N) is 1. The summed E-state index contributed by atoms with van der Waals surface area (Å²) < 4.78 is 6.38. The van der Waals surface area contributed by atoms with E-state index in [0.29, 0.717) is 5.92 Å². The van der Waals surface area contributed by atoms with Gasteiger partial charge in [0.1, 0.15) is 6.04 Å². The van der Waals surface area contributed by atoms with Crippen LogP contribution >= 0.6 is 15.9 Å². The number of carbonyl (C=O) groups is 1. The van der Waals surface area contributed by atoms with Crippen molar-refractivity contribution < 1.29 is 9.53 Å². The highest BCUT2D eigenvalue weighted by molar-refractivity contribution is 9.10. The van der Waals surface area contributed by atoms with Crippen LogP contribution in [0.3, 0.4) is 0 Å². The monoisotopic (exact) mass is 353 g/mol. The van der Waals surface area contributed by atoms with E-state index in [1.54, 1.807) is 0 Å². The standard InChI is InChI=1S/C15H20BrN3O2/c1-19(8-9-2-4-21-5-3-9)13-7-12-10(6-11(13)16)14(17)15(20)18-12/h6-7,9,14H,2-5,8,17H2,1H3,(H,18,20). The molecule has 0 aliphatic carbocycles. The van der Waals surface area contributed by atoms with Crippen molar-refractivity contribution in [2.75, 3.05) is 37.0 Å². The zero-order valence-corrected chi connectivity index (χ0v) is 13.6. The molecule has 2 heterocycles. The van der Waals surface area contributed by atoms with Crippen molar-refractivity contribution in [1.29, 1.82) is 0 Å². The van der Waals surface area contributed by atoms with Crippen LogP contribution in [0.15, 0.2) is 16.6 Å². The van der Waals surface area contributed by atoms with Crippen molar-refractivity contribution in [3.8, 4) is 0 Å². The van der Waals surface area contributed by atoms with Crippen LogP contribution in [0.25, 0.3) is 0 Å². The maximum absolute atomic E-state index is 11.7. The molecule has 5 nitrogen and oxygen atoms in total. The fourth-order valence-electron chi connectivity index (χ4n) is 3.00. The Balaban J connectivity index is 1.79. The second kappa shape index (κ2) is 5.94. The van der Waals surface area contributed by atoms with Gasteiger partial charge in [0.05, 0.1) is 5.69 Å². The maximum atomic E-state index is 11.7. The summed E-state index contributed by atoms with van der Waals surface area (Å²) in [5.41, 5.74) is 8.63. The molecule has 0 aromatic heterocycles. The molecule has 21 heavy (non-hydrogen) atoms. The van der Waals surface area contributed by atoms with E-state index in [1.807, 2.05) is 12.1 Å². The van der Waals surface area contributed by atoms with Crippen molar-refractivity contribution >= 4 is 33.2 Å². The number of fused-ring (bicyclic) bond motifs is 1. The third kappa shape index (κ3) is 2.93. The van der Waals surface area contributed by atoms with E-state index in [-0.39, 0.29) is 5.91 Å². The normalized spacial score (nSPS) is 22.0. The Kier molecular flexibility index (Phi) is 4.19. The lowest BCUT2D eigenvalue weighted by Gasteiger charge is -2.29. The Hall–Kier alpha value is -1.11. The molecular weight excluding hydrogens is 334 g/mol. The molecule has 1 aromatic carbocycles. The fraction of sp³-hybridized carbons (Fsp3) is 0.533. The van der Waals surface area contributed by atoms with Gasteiger partial charge in [-0.25, -0.2) is 0 Å². The second-order valence-corrected chi connectivity index (χ2v) is 6.65. The summed E-state index contributed by atoms with van der Waals surface area (Å²) in [4.78, 5) is 13.9. The Labute approximate surface area is 132 Å². The van der Waals surface area contributed by atoms with Gasteiger partial charge in [-0.1, -0.05) is 0 Å². The van der Waals surface area contributed by atoms with Crippen LogP contribution in [0, 0.1) is 5.92 Å². The van der Waals surface area contributed by atoms with Crippen molar-refractivity contribution in [2.24, 2.45) is 11.7 Å². The van der Waals surface area contributed by atoms with Crippen LogP contribution in [0.4, 0.5) is 11.4 Å². The van der Waals surface area contributed by atoms with Gasteiger partial charge >= 0.3 is 0 Å². The average molecular weight is 354 g/mol. The molecule has 0 bridgehead atoms. The number of rotatable bonds is 3. The van der Waals surface area contributed by atoms with Crippen molar-refractivity contribution in [3.05, 3.63) is 22.2 Å². The Morgan fingerprint density at radius 2 is 2.14 bits per heavy atom. The molecule has 114 valence electrons. The molecule has 3 rings (SSSR count). The summed E-state index contributed by atoms with van der Waals surface area (Å²) in [7, 11) is 2.08. The largest absolute Gasteiger partial charge is 0.381 e. The molecule has 1 amide bonds. The first kappa shape index (κ1) is 14.8. The number of carbonyl (C=O) groups excluding carboxylic acids is 1. The number of anilines is 2. The lowest BCUT2D eigenvalue weighted by atomic mass is 9.99. The van der Waals surface area contributed by atoms with Gasteiger partial charge in [0.15, 0.2) is 0 Å². The highest BCUT2D eigenvalue weighted by Crippen LogP contribution is 2.38. The smallest absolute Gasteiger partial charge is 0.245 e. The van der Waals surface area contributed by atoms with Gasteiger partial charge in [0.2, 0.25) is 5.91 Å². The van der Waals surface area contributed by atoms with Crippen LogP contribution in [-0.2, 0) is 9.53 Å². The molecule has 2 aliphatic heterocycles. The minimum atomic E-state index is -0.564. The van der Waals surface area contributed by atoms with Crippen LogP contribution in [0.2, 0.25) is 0 Å². The predicted molar refractivity (Wildman–Crippen MR) is 86.5 cm³/mol. The van der Waals surface area contributed by atoms with Crippen LogP contribution in [0.1, 0.15) is 24.4 Å². The molecule has 2 aliphatic rings. The van der Waals surface area contributed by atoms with Gasteiger partial charge in [-0.15, -0.1) is 0 Å². The molecule has 1 atom stereocenters. The molecule has 3 N–H and O–H groups in total. The highest BCUT2D eigenvalue weighted by atomic mass is 79.9. The van der Waals surface area contributed by atoms with E-state index >= 15 is 0 Å². The van der Waals surface area contributed by atoms with Crippen LogP contribution in [-0.4, -0.2) is 32.7 Å². The minimum absolute atomic E-state index is 0.138. The van der Waals surface area contributed by atoms with Gasteiger partial charge in [0.25, 0.3) is 0 Å². The summed E-state index contributed by atoms with van der Waals surface area (Å²) in [5, 5.41) is 2.84. The summed E-state index contributed by atoms with van der Waals surface area (Å²) in [6, 6.07) is 3.39. The second-order valence-electron chi connectivity index (χ2n) is 5.79. The molecule has 0 spiro atoms. The number of nitrogens with one attached hydrogen (secondary N) is 1. The lowest BCUT2D eigenvalue weighted by Crippen LogP contribution is -2.29. The van der Waals surface area contributed by atoms with E-state index in [9.17, 15) is 4.79 Å².